The number of carbonyl (C=O) groups excluding carboxylic acids is 1. The molecular weight excluding hydrogens is 527 g/mol. The van der Waals surface area contributed by atoms with Crippen molar-refractivity contribution in [3.8, 4) is 0 Å². The van der Waals surface area contributed by atoms with Gasteiger partial charge in [-0.25, -0.2) is 0 Å². The third kappa shape index (κ3) is 8.51. The van der Waals surface area contributed by atoms with Crippen molar-refractivity contribution in [2.24, 2.45) is 23.0 Å². The number of nitrogens with zero attached hydrogens (tertiary/aromatic N) is 3. The topological polar surface area (TPSA) is 64.8 Å². The lowest BCUT2D eigenvalue weighted by Crippen LogP contribution is -2.35. The van der Waals surface area contributed by atoms with E-state index in [1.807, 2.05) is 4.90 Å². The molecule has 1 aliphatic carbocycles. The fraction of sp³-hybridized carbons (Fsp3) is 0.656. The van der Waals surface area contributed by atoms with Crippen LogP contribution < -0.4 is 11.1 Å². The predicted octanol–water partition coefficient (Wildman–Crippen LogP) is 4.99. The van der Waals surface area contributed by atoms with Crippen LogP contribution in [0.15, 0.2) is 59.5 Å². The van der Waals surface area contributed by atoms with Gasteiger partial charge in [0.25, 0.3) is 0 Å². The van der Waals surface area contributed by atoms with Gasteiger partial charge in [-0.15, -0.1) is 0 Å². The van der Waals surface area contributed by atoms with Crippen LogP contribution in [0.1, 0.15) is 52.9 Å². The van der Waals surface area contributed by atoms with Crippen LogP contribution in [0, 0.1) is 17.3 Å². The molecule has 3 aliphatic heterocycles. The van der Waals surface area contributed by atoms with Gasteiger partial charge in [-0.05, 0) is 67.7 Å². The number of hydrogen-bond donors (Lipinski definition) is 2. The Labute approximate surface area is 243 Å². The van der Waals surface area contributed by atoms with Crippen LogP contribution in [0.25, 0.3) is 0 Å². The first-order valence-electron chi connectivity index (χ1n) is 15.1. The molecule has 0 spiro atoms. The van der Waals surface area contributed by atoms with Crippen LogP contribution in [-0.4, -0.2) is 85.2 Å². The highest BCUT2D eigenvalue weighted by Crippen LogP contribution is 2.38. The Bertz CT molecular complexity index is 1070. The SMILES string of the molecule is C=C(/C=C(\C=C/CN)N[C@@H]1CCN(C(=O)CCCN2CC3CN(C4=CC=C(C(C)(C)C)CC4)CC3C2)C1)C(F)(F)F. The summed E-state index contributed by atoms with van der Waals surface area (Å²) < 4.78 is 38.9. The van der Waals surface area contributed by atoms with Crippen molar-refractivity contribution in [3.05, 3.63) is 59.5 Å². The van der Waals surface area contributed by atoms with Crippen LogP contribution in [0.2, 0.25) is 0 Å². The van der Waals surface area contributed by atoms with E-state index >= 15 is 0 Å². The monoisotopic (exact) mass is 575 g/mol. The maximum Gasteiger partial charge on any atom is 0.415 e. The van der Waals surface area contributed by atoms with Crippen molar-refractivity contribution in [2.45, 2.75) is 65.1 Å². The number of halogens is 3. The maximum atomic E-state index is 13.0. The zero-order chi connectivity index (χ0) is 29.8. The number of rotatable bonds is 10. The summed E-state index contributed by atoms with van der Waals surface area (Å²) in [5, 5.41) is 3.14. The highest BCUT2D eigenvalue weighted by Gasteiger charge is 2.40. The smallest absolute Gasteiger partial charge is 0.380 e. The normalized spacial score (nSPS) is 26.0. The second-order valence-electron chi connectivity index (χ2n) is 13.1. The molecule has 0 bridgehead atoms. The highest BCUT2D eigenvalue weighted by atomic mass is 19.4. The number of allylic oxidation sites excluding steroid dienone is 7. The third-order valence-corrected chi connectivity index (χ3v) is 8.96. The lowest BCUT2D eigenvalue weighted by molar-refractivity contribution is -0.130. The Hall–Kier alpha value is -2.52. The standard InChI is InChI=1S/C32H48F3N5O/c1-23(32(33,34)35)17-27(7-5-14-36)37-28-13-16-39(22-28)30(41)8-6-15-38-18-24-20-40(21-25(24)19-38)29-11-9-26(10-12-29)31(2,3)4/h5,7,9,11,17,24-25,28,37H,1,6,8,10,12-16,18-22,36H2,2-4H3/b7-5-,27-17+/t24?,25?,28-/m1/s1. The number of likely N-dealkylation sites (tertiary alicyclic amines) is 3. The molecule has 3 N–H and O–H groups in total. The van der Waals surface area contributed by atoms with E-state index in [1.54, 1.807) is 6.08 Å². The first-order valence-corrected chi connectivity index (χ1v) is 15.1. The fourth-order valence-electron chi connectivity index (χ4n) is 6.58. The molecule has 0 aromatic carbocycles. The number of nitrogens with one attached hydrogen (secondary N) is 1. The molecule has 6 nitrogen and oxygen atoms in total. The van der Waals surface area contributed by atoms with Gasteiger partial charge in [0.15, 0.2) is 0 Å². The van der Waals surface area contributed by atoms with E-state index in [9.17, 15) is 18.0 Å². The molecule has 0 aromatic heterocycles. The van der Waals surface area contributed by atoms with Crippen molar-refractivity contribution >= 4 is 5.91 Å². The maximum absolute atomic E-state index is 13.0. The van der Waals surface area contributed by atoms with Gasteiger partial charge >= 0.3 is 6.18 Å². The number of hydrogen-bond acceptors (Lipinski definition) is 5. The average Bonchev–Trinajstić information content (AvgIpc) is 3.62. The van der Waals surface area contributed by atoms with Gasteiger partial charge in [-0.3, -0.25) is 4.79 Å². The lowest BCUT2D eigenvalue weighted by atomic mass is 9.81. The first-order chi connectivity index (χ1) is 19.3. The zero-order valence-electron chi connectivity index (χ0n) is 25.0. The molecule has 3 saturated heterocycles. The molecule has 9 heteroatoms. The third-order valence-electron chi connectivity index (χ3n) is 8.96. The summed E-state index contributed by atoms with van der Waals surface area (Å²) in [6.45, 7) is 16.7. The van der Waals surface area contributed by atoms with Crippen LogP contribution in [0.4, 0.5) is 13.2 Å². The molecule has 3 fully saturated rings. The van der Waals surface area contributed by atoms with Crippen molar-refractivity contribution in [2.75, 3.05) is 52.4 Å². The molecule has 0 aromatic rings. The molecule has 0 radical (unpaired) electrons. The van der Waals surface area contributed by atoms with E-state index in [0.29, 0.717) is 43.5 Å². The number of fused-ring (bicyclic) bond motifs is 1. The van der Waals surface area contributed by atoms with Gasteiger partial charge in [0.2, 0.25) is 5.91 Å². The molecule has 3 heterocycles. The Morgan fingerprint density at radius 3 is 2.39 bits per heavy atom. The second-order valence-corrected chi connectivity index (χ2v) is 13.1. The molecule has 228 valence electrons. The summed E-state index contributed by atoms with van der Waals surface area (Å²) in [6.07, 6.45) is 8.65. The van der Waals surface area contributed by atoms with Crippen molar-refractivity contribution in [1.82, 2.24) is 20.0 Å². The Morgan fingerprint density at radius 1 is 1.10 bits per heavy atom. The molecule has 2 unspecified atom stereocenters. The van der Waals surface area contributed by atoms with E-state index in [4.69, 9.17) is 5.73 Å². The summed E-state index contributed by atoms with van der Waals surface area (Å²) in [7, 11) is 0. The molecular formula is C32H48F3N5O. The highest BCUT2D eigenvalue weighted by molar-refractivity contribution is 5.76. The molecule has 3 atom stereocenters. The van der Waals surface area contributed by atoms with Crippen molar-refractivity contribution < 1.29 is 18.0 Å². The number of nitrogens with two attached hydrogens (primary N) is 1. The van der Waals surface area contributed by atoms with Crippen LogP contribution in [-0.2, 0) is 4.79 Å². The minimum absolute atomic E-state index is 0.107. The van der Waals surface area contributed by atoms with Gasteiger partial charge in [-0.1, -0.05) is 45.1 Å². The van der Waals surface area contributed by atoms with E-state index in [-0.39, 0.29) is 23.9 Å². The van der Waals surface area contributed by atoms with Crippen LogP contribution >= 0.6 is 0 Å². The molecule has 4 aliphatic rings. The van der Waals surface area contributed by atoms with Gasteiger partial charge in [0.1, 0.15) is 0 Å². The molecule has 1 amide bonds. The summed E-state index contributed by atoms with van der Waals surface area (Å²) in [4.78, 5) is 19.8. The summed E-state index contributed by atoms with van der Waals surface area (Å²) >= 11 is 0. The van der Waals surface area contributed by atoms with Gasteiger partial charge in [0, 0.05) is 69.7 Å². The van der Waals surface area contributed by atoms with Gasteiger partial charge in [0.05, 0.1) is 5.57 Å². The van der Waals surface area contributed by atoms with Crippen molar-refractivity contribution in [1.29, 1.82) is 0 Å². The molecule has 4 rings (SSSR count). The minimum atomic E-state index is -4.49. The zero-order valence-corrected chi connectivity index (χ0v) is 25.0. The number of alkyl halides is 3. The minimum Gasteiger partial charge on any atom is -0.380 e. The van der Waals surface area contributed by atoms with Crippen LogP contribution in [0.3, 0.4) is 0 Å². The van der Waals surface area contributed by atoms with E-state index in [1.165, 1.54) is 17.3 Å². The van der Waals surface area contributed by atoms with Gasteiger partial charge < -0.3 is 25.8 Å². The first kappa shape index (κ1) is 31.4. The Kier molecular flexibility index (Phi) is 10.1. The molecule has 0 saturated carbocycles. The number of amides is 1. The van der Waals surface area contributed by atoms with Crippen LogP contribution in [0.5, 0.6) is 0 Å². The van der Waals surface area contributed by atoms with Crippen molar-refractivity contribution in [3.63, 3.8) is 0 Å². The van der Waals surface area contributed by atoms with E-state index in [2.05, 4.69) is 54.6 Å². The second kappa shape index (κ2) is 13.2. The van der Waals surface area contributed by atoms with E-state index < -0.39 is 11.7 Å². The lowest BCUT2D eigenvalue weighted by Gasteiger charge is -2.30. The Balaban J connectivity index is 1.17. The van der Waals surface area contributed by atoms with E-state index in [0.717, 1.165) is 58.1 Å². The largest absolute Gasteiger partial charge is 0.415 e. The summed E-state index contributed by atoms with van der Waals surface area (Å²) in [6, 6.07) is -0.107. The predicted molar refractivity (Wildman–Crippen MR) is 159 cm³/mol. The Morgan fingerprint density at radius 2 is 1.80 bits per heavy atom. The summed E-state index contributed by atoms with van der Waals surface area (Å²) in [5.41, 5.74) is 8.14. The quantitative estimate of drug-likeness (QED) is 0.360. The molecule has 41 heavy (non-hydrogen) atoms. The average molecular weight is 576 g/mol. The number of carbonyl (C=O) groups is 1. The fourth-order valence-corrected chi connectivity index (χ4v) is 6.58. The summed E-state index contributed by atoms with van der Waals surface area (Å²) in [5.74, 6) is 1.53. The van der Waals surface area contributed by atoms with Gasteiger partial charge in [-0.2, -0.15) is 13.2 Å².